The summed E-state index contributed by atoms with van der Waals surface area (Å²) in [7, 11) is 0. The molecule has 4 heteroatoms. The van der Waals surface area contributed by atoms with Crippen LogP contribution in [0, 0.1) is 11.8 Å². The normalized spacial score (nSPS) is 17.5. The first kappa shape index (κ1) is 19.1. The zero-order chi connectivity index (χ0) is 12.7. The maximum atomic E-state index is 11.8. The van der Waals surface area contributed by atoms with Gasteiger partial charge in [0.15, 0.2) is 0 Å². The molecule has 0 bridgehead atoms. The molecule has 4 unspecified atom stereocenters. The Balaban J connectivity index is 0. The van der Waals surface area contributed by atoms with Crippen molar-refractivity contribution >= 4 is 18.3 Å². The summed E-state index contributed by atoms with van der Waals surface area (Å²) in [6.07, 6.45) is 3.11. The van der Waals surface area contributed by atoms with Crippen molar-refractivity contribution in [1.82, 2.24) is 5.32 Å². The number of halogens is 1. The van der Waals surface area contributed by atoms with Gasteiger partial charge in [-0.15, -0.1) is 12.4 Å². The molecule has 0 aliphatic heterocycles. The fraction of sp³-hybridized carbons (Fsp3) is 0.923. The molecule has 0 spiro atoms. The number of hydrogen-bond donors (Lipinski definition) is 2. The number of amides is 1. The molecule has 17 heavy (non-hydrogen) atoms. The van der Waals surface area contributed by atoms with Gasteiger partial charge < -0.3 is 11.1 Å². The van der Waals surface area contributed by atoms with Crippen molar-refractivity contribution < 1.29 is 4.79 Å². The van der Waals surface area contributed by atoms with E-state index in [0.29, 0.717) is 5.92 Å². The number of nitrogens with two attached hydrogens (primary N) is 1. The van der Waals surface area contributed by atoms with Crippen LogP contribution in [-0.4, -0.2) is 18.0 Å². The van der Waals surface area contributed by atoms with Crippen LogP contribution in [0.25, 0.3) is 0 Å². The summed E-state index contributed by atoms with van der Waals surface area (Å²) in [5.74, 6) is 0.885. The summed E-state index contributed by atoms with van der Waals surface area (Å²) in [6.45, 7) is 10.5. The van der Waals surface area contributed by atoms with E-state index in [1.807, 2.05) is 13.8 Å². The van der Waals surface area contributed by atoms with E-state index in [-0.39, 0.29) is 36.3 Å². The minimum absolute atomic E-state index is 0. The topological polar surface area (TPSA) is 55.1 Å². The zero-order valence-corrected chi connectivity index (χ0v) is 12.6. The van der Waals surface area contributed by atoms with Gasteiger partial charge in [-0.2, -0.15) is 0 Å². The molecule has 1 amide bonds. The molecule has 3 nitrogen and oxygen atoms in total. The van der Waals surface area contributed by atoms with Gasteiger partial charge in [-0.25, -0.2) is 0 Å². The van der Waals surface area contributed by atoms with Gasteiger partial charge in [-0.05, 0) is 25.2 Å². The smallest absolute Gasteiger partial charge is 0.237 e. The van der Waals surface area contributed by atoms with Crippen LogP contribution in [0.15, 0.2) is 0 Å². The summed E-state index contributed by atoms with van der Waals surface area (Å²) < 4.78 is 0. The average Bonchev–Trinajstić information content (AvgIpc) is 2.26. The van der Waals surface area contributed by atoms with Crippen molar-refractivity contribution in [2.75, 3.05) is 0 Å². The van der Waals surface area contributed by atoms with Gasteiger partial charge in [0.25, 0.3) is 0 Å². The Hall–Kier alpha value is -0.280. The van der Waals surface area contributed by atoms with Crippen LogP contribution in [0.5, 0.6) is 0 Å². The molecule has 0 fully saturated rings. The van der Waals surface area contributed by atoms with Gasteiger partial charge >= 0.3 is 0 Å². The Morgan fingerprint density at radius 1 is 1.18 bits per heavy atom. The highest BCUT2D eigenvalue weighted by Gasteiger charge is 2.20. The minimum Gasteiger partial charge on any atom is -0.352 e. The first-order valence-electron chi connectivity index (χ1n) is 6.48. The van der Waals surface area contributed by atoms with Gasteiger partial charge in [0.2, 0.25) is 5.91 Å². The summed E-state index contributed by atoms with van der Waals surface area (Å²) in [6, 6.07) is -0.151. The third-order valence-electron chi connectivity index (χ3n) is 3.40. The van der Waals surface area contributed by atoms with Crippen molar-refractivity contribution in [3.63, 3.8) is 0 Å². The molecule has 0 heterocycles. The third kappa shape index (κ3) is 7.61. The average molecular weight is 265 g/mol. The summed E-state index contributed by atoms with van der Waals surface area (Å²) >= 11 is 0. The number of nitrogens with one attached hydrogen (secondary N) is 1. The van der Waals surface area contributed by atoms with Gasteiger partial charge in [-0.1, -0.05) is 40.5 Å². The third-order valence-corrected chi connectivity index (χ3v) is 3.40. The van der Waals surface area contributed by atoms with Crippen molar-refractivity contribution in [3.05, 3.63) is 0 Å². The van der Waals surface area contributed by atoms with Gasteiger partial charge in [-0.3, -0.25) is 4.79 Å². The van der Waals surface area contributed by atoms with Gasteiger partial charge in [0.1, 0.15) is 0 Å². The van der Waals surface area contributed by atoms with E-state index in [2.05, 4.69) is 26.1 Å². The highest BCUT2D eigenvalue weighted by molar-refractivity contribution is 5.85. The van der Waals surface area contributed by atoms with E-state index in [4.69, 9.17) is 5.73 Å². The van der Waals surface area contributed by atoms with E-state index in [1.54, 1.807) is 0 Å². The maximum absolute atomic E-state index is 11.8. The number of hydrogen-bond acceptors (Lipinski definition) is 2. The van der Waals surface area contributed by atoms with Crippen LogP contribution in [0.4, 0.5) is 0 Å². The first-order chi connectivity index (χ1) is 7.42. The number of rotatable bonds is 7. The molecule has 0 saturated carbocycles. The van der Waals surface area contributed by atoms with Crippen molar-refractivity contribution in [3.8, 4) is 0 Å². The maximum Gasteiger partial charge on any atom is 0.237 e. The van der Waals surface area contributed by atoms with Crippen molar-refractivity contribution in [2.45, 2.75) is 66.0 Å². The monoisotopic (exact) mass is 264 g/mol. The highest BCUT2D eigenvalue weighted by atomic mass is 35.5. The quantitative estimate of drug-likeness (QED) is 0.743. The molecule has 0 radical (unpaired) electrons. The second-order valence-electron chi connectivity index (χ2n) is 5.07. The molecule has 104 valence electrons. The SMILES string of the molecule is CCC(C)CC(C)NC(=O)C(N)C(C)CC.Cl. The van der Waals surface area contributed by atoms with E-state index in [9.17, 15) is 4.79 Å². The fourth-order valence-electron chi connectivity index (χ4n) is 1.68. The molecule has 0 saturated heterocycles. The number of carbonyl (C=O) groups excluding carboxylic acids is 1. The molecule has 0 aromatic carbocycles. The van der Waals surface area contributed by atoms with Crippen LogP contribution in [0.1, 0.15) is 53.9 Å². The van der Waals surface area contributed by atoms with Crippen LogP contribution < -0.4 is 11.1 Å². The Labute approximate surface area is 112 Å². The van der Waals surface area contributed by atoms with E-state index >= 15 is 0 Å². The minimum atomic E-state index is -0.371. The lowest BCUT2D eigenvalue weighted by atomic mass is 9.97. The molecular formula is C13H29ClN2O. The second-order valence-corrected chi connectivity index (χ2v) is 5.07. The van der Waals surface area contributed by atoms with Crippen molar-refractivity contribution in [2.24, 2.45) is 17.6 Å². The lowest BCUT2D eigenvalue weighted by Crippen LogP contribution is -2.47. The molecule has 0 aromatic rings. The van der Waals surface area contributed by atoms with Gasteiger partial charge in [0, 0.05) is 6.04 Å². The lowest BCUT2D eigenvalue weighted by Gasteiger charge is -2.22. The lowest BCUT2D eigenvalue weighted by molar-refractivity contribution is -0.124. The van der Waals surface area contributed by atoms with E-state index < -0.39 is 0 Å². The molecule has 0 aliphatic rings. The predicted octanol–water partition coefficient (Wildman–Crippen LogP) is 2.72. The standard InChI is InChI=1S/C13H28N2O.ClH/c1-6-9(3)8-11(5)15-13(16)12(14)10(4)7-2;/h9-12H,6-8,14H2,1-5H3,(H,15,16);1H. The molecule has 3 N–H and O–H groups in total. The fourth-order valence-corrected chi connectivity index (χ4v) is 1.68. The zero-order valence-electron chi connectivity index (χ0n) is 11.8. The summed E-state index contributed by atoms with van der Waals surface area (Å²) in [5, 5.41) is 3.00. The second kappa shape index (κ2) is 9.72. The van der Waals surface area contributed by atoms with Crippen LogP contribution in [-0.2, 0) is 4.79 Å². The number of carbonyl (C=O) groups is 1. The molecule has 0 rings (SSSR count). The molecule has 0 aromatic heterocycles. The molecular weight excluding hydrogens is 236 g/mol. The summed E-state index contributed by atoms with van der Waals surface area (Å²) in [5.41, 5.74) is 5.87. The Bertz CT molecular complexity index is 212. The first-order valence-corrected chi connectivity index (χ1v) is 6.48. The van der Waals surface area contributed by atoms with E-state index in [0.717, 1.165) is 19.3 Å². The largest absolute Gasteiger partial charge is 0.352 e. The predicted molar refractivity (Wildman–Crippen MR) is 76.4 cm³/mol. The molecule has 4 atom stereocenters. The van der Waals surface area contributed by atoms with E-state index in [1.165, 1.54) is 0 Å². The van der Waals surface area contributed by atoms with Crippen LogP contribution in [0.2, 0.25) is 0 Å². The summed E-state index contributed by atoms with van der Waals surface area (Å²) in [4.78, 5) is 11.8. The Morgan fingerprint density at radius 2 is 1.71 bits per heavy atom. The molecule has 0 aliphatic carbocycles. The van der Waals surface area contributed by atoms with Crippen molar-refractivity contribution in [1.29, 1.82) is 0 Å². The van der Waals surface area contributed by atoms with Gasteiger partial charge in [0.05, 0.1) is 6.04 Å². The van der Waals surface area contributed by atoms with Crippen LogP contribution in [0.3, 0.4) is 0 Å². The highest BCUT2D eigenvalue weighted by Crippen LogP contribution is 2.10. The Kier molecular flexibility index (Phi) is 10.9. The van der Waals surface area contributed by atoms with Crippen LogP contribution >= 0.6 is 12.4 Å². The Morgan fingerprint density at radius 3 is 2.12 bits per heavy atom.